The molecule has 1 unspecified atom stereocenters. The first-order valence-electron chi connectivity index (χ1n) is 6.63. The van der Waals surface area contributed by atoms with E-state index in [1.165, 1.54) is 0 Å². The van der Waals surface area contributed by atoms with Crippen LogP contribution >= 0.6 is 0 Å². The number of fused-ring (bicyclic) bond motifs is 1. The van der Waals surface area contributed by atoms with E-state index in [2.05, 4.69) is 5.32 Å². The van der Waals surface area contributed by atoms with Crippen LogP contribution in [0.25, 0.3) is 10.8 Å². The number of ether oxygens (including phenoxy) is 2. The first-order valence-corrected chi connectivity index (χ1v) is 6.63. The third-order valence-electron chi connectivity index (χ3n) is 3.01. The van der Waals surface area contributed by atoms with E-state index in [9.17, 15) is 4.79 Å². The number of carbonyl (C=O) groups excluding carboxylic acids is 1. The van der Waals surface area contributed by atoms with Gasteiger partial charge in [-0.3, -0.25) is 4.79 Å². The van der Waals surface area contributed by atoms with E-state index in [1.54, 1.807) is 14.0 Å². The molecule has 0 bridgehead atoms. The summed E-state index contributed by atoms with van der Waals surface area (Å²) in [5, 5.41) is 5.00. The molecule has 0 saturated heterocycles. The summed E-state index contributed by atoms with van der Waals surface area (Å²) in [7, 11) is 1.60. The molecule has 4 heteroatoms. The fourth-order valence-corrected chi connectivity index (χ4v) is 1.92. The Morgan fingerprint density at radius 1 is 1.20 bits per heavy atom. The van der Waals surface area contributed by atoms with Crippen molar-refractivity contribution in [1.29, 1.82) is 0 Å². The van der Waals surface area contributed by atoms with Gasteiger partial charge in [-0.05, 0) is 29.8 Å². The third-order valence-corrected chi connectivity index (χ3v) is 3.01. The van der Waals surface area contributed by atoms with Crippen molar-refractivity contribution in [3.05, 3.63) is 42.5 Å². The molecule has 2 aromatic rings. The largest absolute Gasteiger partial charge is 0.481 e. The van der Waals surface area contributed by atoms with Crippen LogP contribution in [0.4, 0.5) is 0 Å². The minimum absolute atomic E-state index is 0.143. The lowest BCUT2D eigenvalue weighted by Gasteiger charge is -2.15. The lowest BCUT2D eigenvalue weighted by molar-refractivity contribution is -0.127. The molecule has 1 amide bonds. The van der Waals surface area contributed by atoms with Crippen LogP contribution in [0.1, 0.15) is 6.92 Å². The zero-order valence-corrected chi connectivity index (χ0v) is 11.8. The lowest BCUT2D eigenvalue weighted by Crippen LogP contribution is -2.37. The molecule has 0 fully saturated rings. The van der Waals surface area contributed by atoms with Crippen LogP contribution in [-0.2, 0) is 9.53 Å². The number of nitrogens with one attached hydrogen (secondary N) is 1. The Morgan fingerprint density at radius 2 is 1.95 bits per heavy atom. The van der Waals surface area contributed by atoms with Gasteiger partial charge in [0.2, 0.25) is 0 Å². The van der Waals surface area contributed by atoms with E-state index in [0.717, 1.165) is 10.8 Å². The van der Waals surface area contributed by atoms with Gasteiger partial charge >= 0.3 is 0 Å². The zero-order valence-electron chi connectivity index (χ0n) is 11.8. The number of rotatable bonds is 6. The Hall–Kier alpha value is -2.07. The number of carbonyl (C=O) groups is 1. The second-order valence-electron chi connectivity index (χ2n) is 4.55. The van der Waals surface area contributed by atoms with Crippen LogP contribution < -0.4 is 10.1 Å². The molecule has 0 aromatic heterocycles. The quantitative estimate of drug-likeness (QED) is 0.822. The van der Waals surface area contributed by atoms with Crippen molar-refractivity contribution in [3.63, 3.8) is 0 Å². The molecule has 1 atom stereocenters. The molecule has 106 valence electrons. The third kappa shape index (κ3) is 3.71. The Morgan fingerprint density at radius 3 is 2.70 bits per heavy atom. The van der Waals surface area contributed by atoms with Crippen molar-refractivity contribution in [2.45, 2.75) is 13.0 Å². The molecule has 0 aliphatic rings. The predicted octanol–water partition coefficient (Wildman–Crippen LogP) is 2.37. The van der Waals surface area contributed by atoms with Crippen LogP contribution in [-0.4, -0.2) is 32.3 Å². The number of amides is 1. The Kier molecular flexibility index (Phi) is 4.96. The normalized spacial score (nSPS) is 12.1. The van der Waals surface area contributed by atoms with Gasteiger partial charge in [-0.15, -0.1) is 0 Å². The van der Waals surface area contributed by atoms with Gasteiger partial charge in [-0.1, -0.05) is 30.3 Å². The Labute approximate surface area is 118 Å². The molecular formula is C16H19NO3. The summed E-state index contributed by atoms with van der Waals surface area (Å²) in [6.45, 7) is 2.71. The highest BCUT2D eigenvalue weighted by atomic mass is 16.5. The highest BCUT2D eigenvalue weighted by Gasteiger charge is 2.13. The molecule has 4 nitrogen and oxygen atoms in total. The van der Waals surface area contributed by atoms with Crippen molar-refractivity contribution in [3.8, 4) is 5.75 Å². The van der Waals surface area contributed by atoms with Gasteiger partial charge in [0.25, 0.3) is 5.91 Å². The molecule has 2 rings (SSSR count). The summed E-state index contributed by atoms with van der Waals surface area (Å²) >= 11 is 0. The summed E-state index contributed by atoms with van der Waals surface area (Å²) in [5.41, 5.74) is 0. The van der Waals surface area contributed by atoms with Gasteiger partial charge in [0.1, 0.15) is 5.75 Å². The topological polar surface area (TPSA) is 47.6 Å². The molecule has 20 heavy (non-hydrogen) atoms. The smallest absolute Gasteiger partial charge is 0.260 e. The first kappa shape index (κ1) is 14.3. The van der Waals surface area contributed by atoms with Gasteiger partial charge in [-0.2, -0.15) is 0 Å². The fraction of sp³-hybridized carbons (Fsp3) is 0.312. The van der Waals surface area contributed by atoms with Crippen LogP contribution in [0, 0.1) is 0 Å². The van der Waals surface area contributed by atoms with E-state index in [1.807, 2.05) is 42.5 Å². The van der Waals surface area contributed by atoms with Crippen LogP contribution in [0.5, 0.6) is 5.75 Å². The van der Waals surface area contributed by atoms with Crippen molar-refractivity contribution >= 4 is 16.7 Å². The van der Waals surface area contributed by atoms with Gasteiger partial charge in [0.05, 0.1) is 6.61 Å². The molecule has 0 heterocycles. The number of hydrogen-bond acceptors (Lipinski definition) is 3. The van der Waals surface area contributed by atoms with Crippen LogP contribution in [0.3, 0.4) is 0 Å². The van der Waals surface area contributed by atoms with E-state index in [0.29, 0.717) is 18.9 Å². The Balaban J connectivity index is 1.98. The minimum atomic E-state index is -0.534. The van der Waals surface area contributed by atoms with Gasteiger partial charge in [-0.25, -0.2) is 0 Å². The maximum absolute atomic E-state index is 11.8. The summed E-state index contributed by atoms with van der Waals surface area (Å²) in [4.78, 5) is 11.8. The summed E-state index contributed by atoms with van der Waals surface area (Å²) < 4.78 is 10.5. The maximum Gasteiger partial charge on any atom is 0.260 e. The van der Waals surface area contributed by atoms with E-state index in [-0.39, 0.29) is 5.91 Å². The van der Waals surface area contributed by atoms with Gasteiger partial charge in [0, 0.05) is 13.7 Å². The predicted molar refractivity (Wildman–Crippen MR) is 78.9 cm³/mol. The molecule has 0 saturated carbocycles. The van der Waals surface area contributed by atoms with Gasteiger partial charge in [0.15, 0.2) is 6.10 Å². The monoisotopic (exact) mass is 273 g/mol. The van der Waals surface area contributed by atoms with E-state index < -0.39 is 6.10 Å². The summed E-state index contributed by atoms with van der Waals surface area (Å²) in [6, 6.07) is 13.8. The van der Waals surface area contributed by atoms with Crippen molar-refractivity contribution in [2.75, 3.05) is 20.3 Å². The fourth-order valence-electron chi connectivity index (χ4n) is 1.92. The first-order chi connectivity index (χ1) is 9.70. The molecule has 0 radical (unpaired) electrons. The summed E-state index contributed by atoms with van der Waals surface area (Å²) in [6.07, 6.45) is -0.534. The van der Waals surface area contributed by atoms with Crippen LogP contribution in [0.15, 0.2) is 42.5 Å². The molecular weight excluding hydrogens is 254 g/mol. The number of benzene rings is 2. The Bertz CT molecular complexity index is 583. The SMILES string of the molecule is COCCNC(=O)C(C)Oc1ccc2ccccc2c1. The molecule has 0 aliphatic heterocycles. The average Bonchev–Trinajstić information content (AvgIpc) is 2.47. The average molecular weight is 273 g/mol. The standard InChI is InChI=1S/C16H19NO3/c1-12(16(18)17-9-10-19-2)20-15-8-7-13-5-3-4-6-14(13)11-15/h3-8,11-12H,9-10H2,1-2H3,(H,17,18). The molecule has 0 spiro atoms. The van der Waals surface area contributed by atoms with Crippen molar-refractivity contribution in [1.82, 2.24) is 5.32 Å². The van der Waals surface area contributed by atoms with Crippen molar-refractivity contribution < 1.29 is 14.3 Å². The number of hydrogen-bond donors (Lipinski definition) is 1. The molecule has 2 aromatic carbocycles. The highest BCUT2D eigenvalue weighted by Crippen LogP contribution is 2.21. The lowest BCUT2D eigenvalue weighted by atomic mass is 10.1. The maximum atomic E-state index is 11.8. The molecule has 0 aliphatic carbocycles. The summed E-state index contributed by atoms with van der Waals surface area (Å²) in [5.74, 6) is 0.549. The van der Waals surface area contributed by atoms with E-state index in [4.69, 9.17) is 9.47 Å². The number of methoxy groups -OCH3 is 1. The van der Waals surface area contributed by atoms with E-state index >= 15 is 0 Å². The second-order valence-corrected chi connectivity index (χ2v) is 4.55. The minimum Gasteiger partial charge on any atom is -0.481 e. The van der Waals surface area contributed by atoms with Crippen molar-refractivity contribution in [2.24, 2.45) is 0 Å². The second kappa shape index (κ2) is 6.91. The van der Waals surface area contributed by atoms with Crippen LogP contribution in [0.2, 0.25) is 0 Å². The highest BCUT2D eigenvalue weighted by molar-refractivity contribution is 5.84. The molecule has 1 N–H and O–H groups in total. The van der Waals surface area contributed by atoms with Gasteiger partial charge < -0.3 is 14.8 Å². The zero-order chi connectivity index (χ0) is 14.4.